The van der Waals surface area contributed by atoms with E-state index >= 15 is 0 Å². The van der Waals surface area contributed by atoms with E-state index in [-0.39, 0.29) is 29.7 Å². The van der Waals surface area contributed by atoms with Crippen molar-refractivity contribution in [2.24, 2.45) is 4.99 Å². The average Bonchev–Trinajstić information content (AvgIpc) is 2.45. The van der Waals surface area contributed by atoms with Crippen LogP contribution in [0.2, 0.25) is 0 Å². The van der Waals surface area contributed by atoms with E-state index in [1.807, 2.05) is 0 Å². The van der Waals surface area contributed by atoms with Gasteiger partial charge in [-0.3, -0.25) is 4.99 Å². The number of aromatic hydroxyl groups is 1. The Balaban J connectivity index is 0.00000400. The number of phenolic OH excluding ortho intramolecular Hbond substituents is 1. The lowest BCUT2D eigenvalue weighted by Crippen LogP contribution is -2.37. The van der Waals surface area contributed by atoms with Crippen molar-refractivity contribution in [1.82, 2.24) is 10.6 Å². The van der Waals surface area contributed by atoms with E-state index in [9.17, 15) is 4.39 Å². The molecule has 0 amide bonds. The highest BCUT2D eigenvalue weighted by atomic mass is 127. The Hall–Kier alpha value is -1.05. The molecular formula is C15H25FIN3O. The van der Waals surface area contributed by atoms with E-state index in [1.165, 1.54) is 31.4 Å². The predicted molar refractivity (Wildman–Crippen MR) is 95.8 cm³/mol. The minimum Gasteiger partial charge on any atom is -0.505 e. The molecule has 0 radical (unpaired) electrons. The fourth-order valence-electron chi connectivity index (χ4n) is 1.83. The summed E-state index contributed by atoms with van der Waals surface area (Å²) in [6.45, 7) is 3.53. The summed E-state index contributed by atoms with van der Waals surface area (Å²) in [7, 11) is 1.71. The maximum Gasteiger partial charge on any atom is 0.191 e. The van der Waals surface area contributed by atoms with Gasteiger partial charge >= 0.3 is 0 Å². The highest BCUT2D eigenvalue weighted by molar-refractivity contribution is 14.0. The van der Waals surface area contributed by atoms with E-state index in [4.69, 9.17) is 5.11 Å². The number of guanidine groups is 1. The van der Waals surface area contributed by atoms with Gasteiger partial charge in [0.1, 0.15) is 0 Å². The van der Waals surface area contributed by atoms with Crippen LogP contribution < -0.4 is 10.6 Å². The summed E-state index contributed by atoms with van der Waals surface area (Å²) < 4.78 is 13.2. The SMILES string of the molecule is CCCCCCNC(=NC)NCc1ccc(O)c(F)c1.I. The third-order valence-electron chi connectivity index (χ3n) is 3.02. The quantitative estimate of drug-likeness (QED) is 0.280. The van der Waals surface area contributed by atoms with E-state index in [2.05, 4.69) is 22.5 Å². The van der Waals surface area contributed by atoms with Crippen molar-refractivity contribution >= 4 is 29.9 Å². The summed E-state index contributed by atoms with van der Waals surface area (Å²) in [4.78, 5) is 4.11. The van der Waals surface area contributed by atoms with Crippen molar-refractivity contribution < 1.29 is 9.50 Å². The molecule has 21 heavy (non-hydrogen) atoms. The van der Waals surface area contributed by atoms with Crippen LogP contribution in [0.5, 0.6) is 5.75 Å². The standard InChI is InChI=1S/C15H24FN3O.HI/c1-3-4-5-6-9-18-15(17-2)19-11-12-7-8-14(20)13(16)10-12;/h7-8,10,20H,3-6,9,11H2,1-2H3,(H2,17,18,19);1H. The predicted octanol–water partition coefficient (Wildman–Crippen LogP) is 3.39. The van der Waals surface area contributed by atoms with Gasteiger partial charge in [-0.25, -0.2) is 4.39 Å². The topological polar surface area (TPSA) is 56.7 Å². The Morgan fingerprint density at radius 3 is 2.62 bits per heavy atom. The number of hydrogen-bond acceptors (Lipinski definition) is 2. The Morgan fingerprint density at radius 1 is 1.24 bits per heavy atom. The summed E-state index contributed by atoms with van der Waals surface area (Å²) in [5.41, 5.74) is 0.759. The van der Waals surface area contributed by atoms with Gasteiger partial charge in [0.15, 0.2) is 17.5 Å². The molecular weight excluding hydrogens is 384 g/mol. The van der Waals surface area contributed by atoms with Gasteiger partial charge in [0, 0.05) is 20.1 Å². The molecule has 0 unspecified atom stereocenters. The van der Waals surface area contributed by atoms with Crippen LogP contribution in [0.25, 0.3) is 0 Å². The zero-order chi connectivity index (χ0) is 14.8. The number of benzene rings is 1. The lowest BCUT2D eigenvalue weighted by Gasteiger charge is -2.12. The number of hydrogen-bond donors (Lipinski definition) is 3. The minimum absolute atomic E-state index is 0. The Morgan fingerprint density at radius 2 is 2.00 bits per heavy atom. The Labute approximate surface area is 143 Å². The number of unbranched alkanes of at least 4 members (excludes halogenated alkanes) is 3. The van der Waals surface area contributed by atoms with Crippen LogP contribution >= 0.6 is 24.0 Å². The zero-order valence-corrected chi connectivity index (χ0v) is 15.0. The van der Waals surface area contributed by atoms with E-state index in [0.29, 0.717) is 12.5 Å². The molecule has 1 aromatic rings. The molecule has 0 heterocycles. The third-order valence-corrected chi connectivity index (χ3v) is 3.02. The van der Waals surface area contributed by atoms with Crippen molar-refractivity contribution in [3.05, 3.63) is 29.6 Å². The summed E-state index contributed by atoms with van der Waals surface area (Å²) in [6, 6.07) is 4.35. The van der Waals surface area contributed by atoms with Crippen molar-refractivity contribution in [3.63, 3.8) is 0 Å². The van der Waals surface area contributed by atoms with Gasteiger partial charge in [-0.1, -0.05) is 32.3 Å². The number of aliphatic imine (C=N–C) groups is 1. The second-order valence-corrected chi connectivity index (χ2v) is 4.70. The molecule has 120 valence electrons. The Bertz CT molecular complexity index is 441. The minimum atomic E-state index is -0.605. The fraction of sp³-hybridized carbons (Fsp3) is 0.533. The van der Waals surface area contributed by atoms with Crippen molar-refractivity contribution in [3.8, 4) is 5.75 Å². The molecule has 1 rings (SSSR count). The van der Waals surface area contributed by atoms with Gasteiger partial charge < -0.3 is 15.7 Å². The molecule has 0 bridgehead atoms. The van der Waals surface area contributed by atoms with Crippen molar-refractivity contribution in [2.45, 2.75) is 39.2 Å². The van der Waals surface area contributed by atoms with E-state index in [0.717, 1.165) is 18.5 Å². The first-order valence-electron chi connectivity index (χ1n) is 7.09. The molecule has 0 spiro atoms. The molecule has 0 saturated heterocycles. The molecule has 4 nitrogen and oxygen atoms in total. The van der Waals surface area contributed by atoms with Crippen LogP contribution in [0.3, 0.4) is 0 Å². The first-order chi connectivity index (χ1) is 9.67. The fourth-order valence-corrected chi connectivity index (χ4v) is 1.83. The second-order valence-electron chi connectivity index (χ2n) is 4.70. The van der Waals surface area contributed by atoms with Crippen LogP contribution in [0.4, 0.5) is 4.39 Å². The summed E-state index contributed by atoms with van der Waals surface area (Å²) in [6.07, 6.45) is 4.80. The molecule has 0 atom stereocenters. The number of halogens is 2. The average molecular weight is 409 g/mol. The number of nitrogens with one attached hydrogen (secondary N) is 2. The Kier molecular flexibility index (Phi) is 11.0. The van der Waals surface area contributed by atoms with Crippen LogP contribution in [-0.4, -0.2) is 24.7 Å². The largest absolute Gasteiger partial charge is 0.505 e. The number of rotatable bonds is 7. The van der Waals surface area contributed by atoms with Crippen LogP contribution in [-0.2, 0) is 6.54 Å². The van der Waals surface area contributed by atoms with Crippen LogP contribution in [0, 0.1) is 5.82 Å². The summed E-state index contributed by atoms with van der Waals surface area (Å²) in [5, 5.41) is 15.5. The van der Waals surface area contributed by atoms with Crippen molar-refractivity contribution in [1.29, 1.82) is 0 Å². The molecule has 0 saturated carbocycles. The summed E-state index contributed by atoms with van der Waals surface area (Å²) >= 11 is 0. The first kappa shape index (κ1) is 19.9. The summed E-state index contributed by atoms with van der Waals surface area (Å²) in [5.74, 6) is -0.228. The third kappa shape index (κ3) is 8.08. The van der Waals surface area contributed by atoms with Crippen LogP contribution in [0.15, 0.2) is 23.2 Å². The monoisotopic (exact) mass is 409 g/mol. The van der Waals surface area contributed by atoms with Gasteiger partial charge in [-0.2, -0.15) is 0 Å². The maximum atomic E-state index is 13.2. The molecule has 0 aliphatic carbocycles. The van der Waals surface area contributed by atoms with Crippen molar-refractivity contribution in [2.75, 3.05) is 13.6 Å². The molecule has 0 aliphatic heterocycles. The number of nitrogens with zero attached hydrogens (tertiary/aromatic N) is 1. The molecule has 0 aliphatic rings. The highest BCUT2D eigenvalue weighted by Gasteiger charge is 2.02. The van der Waals surface area contributed by atoms with Gasteiger partial charge in [-0.05, 0) is 24.1 Å². The molecule has 0 fully saturated rings. The van der Waals surface area contributed by atoms with Gasteiger partial charge in [-0.15, -0.1) is 24.0 Å². The van der Waals surface area contributed by atoms with Gasteiger partial charge in [0.05, 0.1) is 0 Å². The highest BCUT2D eigenvalue weighted by Crippen LogP contribution is 2.15. The van der Waals surface area contributed by atoms with Crippen LogP contribution in [0.1, 0.15) is 38.2 Å². The normalized spacial score (nSPS) is 10.9. The van der Waals surface area contributed by atoms with Gasteiger partial charge in [0.2, 0.25) is 0 Å². The molecule has 1 aromatic carbocycles. The molecule has 6 heteroatoms. The maximum absolute atomic E-state index is 13.2. The zero-order valence-electron chi connectivity index (χ0n) is 12.7. The molecule has 0 aromatic heterocycles. The van der Waals surface area contributed by atoms with Gasteiger partial charge in [0.25, 0.3) is 0 Å². The lowest BCUT2D eigenvalue weighted by atomic mass is 10.2. The second kappa shape index (κ2) is 11.6. The molecule has 3 N–H and O–H groups in total. The lowest BCUT2D eigenvalue weighted by molar-refractivity contribution is 0.431. The smallest absolute Gasteiger partial charge is 0.191 e. The number of phenols is 1. The van der Waals surface area contributed by atoms with E-state index < -0.39 is 5.82 Å². The van der Waals surface area contributed by atoms with E-state index in [1.54, 1.807) is 13.1 Å². The first-order valence-corrected chi connectivity index (χ1v) is 7.09.